The van der Waals surface area contributed by atoms with Gasteiger partial charge in [0.05, 0.1) is 18.4 Å². The molecule has 1 aliphatic heterocycles. The third-order valence-electron chi connectivity index (χ3n) is 5.46. The predicted molar refractivity (Wildman–Crippen MR) is 128 cm³/mol. The molecule has 1 aromatic carbocycles. The normalized spacial score (nSPS) is 17.1. The van der Waals surface area contributed by atoms with Gasteiger partial charge in [-0.2, -0.15) is 5.10 Å². The number of benzene rings is 1. The van der Waals surface area contributed by atoms with Crippen LogP contribution in [0.25, 0.3) is 11.0 Å². The first-order chi connectivity index (χ1) is 14.0. The Hall–Kier alpha value is -2.30. The van der Waals surface area contributed by atoms with E-state index in [9.17, 15) is 4.39 Å². The Morgan fingerprint density at radius 2 is 2.23 bits per heavy atom. The van der Waals surface area contributed by atoms with E-state index >= 15 is 0 Å². The first kappa shape index (κ1) is 22.4. The Bertz CT molecular complexity index is 1030. The zero-order valence-corrected chi connectivity index (χ0v) is 19.8. The number of aryl methyl sites for hydroxylation is 2. The van der Waals surface area contributed by atoms with Gasteiger partial charge in [0.1, 0.15) is 17.2 Å². The summed E-state index contributed by atoms with van der Waals surface area (Å²) >= 11 is 0. The second-order valence-electron chi connectivity index (χ2n) is 7.52. The number of fused-ring (bicyclic) bond motifs is 1. The van der Waals surface area contributed by atoms with Crippen molar-refractivity contribution in [3.63, 3.8) is 0 Å². The number of halogens is 2. The molecule has 1 atom stereocenters. The Balaban J connectivity index is 0.00000256. The molecule has 1 saturated heterocycles. The summed E-state index contributed by atoms with van der Waals surface area (Å²) in [7, 11) is 3.70. The number of nitrogens with one attached hydrogen (secondary N) is 2. The number of piperidine rings is 1. The van der Waals surface area contributed by atoms with Crippen molar-refractivity contribution in [1.29, 1.82) is 0 Å². The zero-order valence-electron chi connectivity index (χ0n) is 17.5. The van der Waals surface area contributed by atoms with Gasteiger partial charge in [-0.25, -0.2) is 4.39 Å². The van der Waals surface area contributed by atoms with Gasteiger partial charge >= 0.3 is 0 Å². The molecule has 1 aliphatic rings. The molecule has 0 bridgehead atoms. The molecule has 1 fully saturated rings. The van der Waals surface area contributed by atoms with E-state index in [4.69, 9.17) is 4.42 Å². The zero-order chi connectivity index (χ0) is 20.4. The number of aliphatic imine (C=N–C) groups is 1. The molecule has 9 heteroatoms. The minimum absolute atomic E-state index is 0. The summed E-state index contributed by atoms with van der Waals surface area (Å²) in [6, 6.07) is 4.89. The van der Waals surface area contributed by atoms with E-state index in [1.54, 1.807) is 13.1 Å². The van der Waals surface area contributed by atoms with Crippen LogP contribution < -0.4 is 15.5 Å². The molecule has 3 heterocycles. The number of anilines is 1. The Kier molecular flexibility index (Phi) is 7.22. The number of nitrogens with zero attached hydrogens (tertiary/aromatic N) is 4. The highest BCUT2D eigenvalue weighted by Crippen LogP contribution is 2.26. The first-order valence-electron chi connectivity index (χ1n) is 9.92. The van der Waals surface area contributed by atoms with Crippen molar-refractivity contribution >= 4 is 46.6 Å². The molecule has 4 rings (SSSR count). The van der Waals surface area contributed by atoms with Crippen molar-refractivity contribution in [3.8, 4) is 0 Å². The molecule has 3 aromatic rings. The third-order valence-corrected chi connectivity index (χ3v) is 5.46. The largest absolute Gasteiger partial charge is 0.459 e. The molecule has 0 radical (unpaired) electrons. The molecule has 30 heavy (non-hydrogen) atoms. The highest BCUT2D eigenvalue weighted by Gasteiger charge is 2.22. The summed E-state index contributed by atoms with van der Waals surface area (Å²) in [6.07, 6.45) is 6.14. The summed E-state index contributed by atoms with van der Waals surface area (Å²) in [4.78, 5) is 6.70. The predicted octanol–water partition coefficient (Wildman–Crippen LogP) is 3.57. The monoisotopic (exact) mass is 526 g/mol. The van der Waals surface area contributed by atoms with E-state index in [-0.39, 0.29) is 29.8 Å². The molecular formula is C21H28FIN6O. The molecule has 2 aromatic heterocycles. The Morgan fingerprint density at radius 3 is 2.97 bits per heavy atom. The van der Waals surface area contributed by atoms with Gasteiger partial charge in [-0.1, -0.05) is 0 Å². The molecule has 0 aliphatic carbocycles. The van der Waals surface area contributed by atoms with Crippen LogP contribution in [-0.2, 0) is 13.6 Å². The van der Waals surface area contributed by atoms with Crippen LogP contribution in [-0.4, -0.2) is 41.9 Å². The van der Waals surface area contributed by atoms with E-state index in [0.29, 0.717) is 18.2 Å². The minimum Gasteiger partial charge on any atom is -0.459 e. The van der Waals surface area contributed by atoms with Crippen molar-refractivity contribution in [2.75, 3.05) is 25.0 Å². The van der Waals surface area contributed by atoms with Gasteiger partial charge < -0.3 is 20.0 Å². The molecular weight excluding hydrogens is 498 g/mol. The van der Waals surface area contributed by atoms with Gasteiger partial charge in [-0.15, -0.1) is 24.0 Å². The van der Waals surface area contributed by atoms with Crippen molar-refractivity contribution in [3.05, 3.63) is 47.7 Å². The lowest BCUT2D eigenvalue weighted by atomic mass is 10.1. The number of rotatable bonds is 4. The fourth-order valence-electron chi connectivity index (χ4n) is 3.87. The average molecular weight is 526 g/mol. The standard InChI is InChI=1S/C21H27FN6O.HI/c1-14-18-9-15(22)6-7-19(18)29-20(14)11-24-21(23-2)26-16-5-4-8-28(12-16)17-10-25-27(3)13-17;/h6-7,9-10,13,16H,4-5,8,11-12H2,1-3H3,(H2,23,24,26);1H. The van der Waals surface area contributed by atoms with Crippen LogP contribution in [0.15, 0.2) is 40.0 Å². The summed E-state index contributed by atoms with van der Waals surface area (Å²) in [5, 5.41) is 11.9. The fraction of sp³-hybridized carbons (Fsp3) is 0.429. The SMILES string of the molecule is CN=C(NCc1oc2ccc(F)cc2c1C)NC1CCCN(c2cnn(C)c2)C1.I. The van der Waals surface area contributed by atoms with Gasteiger partial charge in [-0.05, 0) is 38.0 Å². The highest BCUT2D eigenvalue weighted by molar-refractivity contribution is 14.0. The summed E-state index contributed by atoms with van der Waals surface area (Å²) in [5.74, 6) is 1.26. The Morgan fingerprint density at radius 1 is 1.40 bits per heavy atom. The first-order valence-corrected chi connectivity index (χ1v) is 9.92. The number of furan rings is 1. The average Bonchev–Trinajstić information content (AvgIpc) is 3.29. The van der Waals surface area contributed by atoms with Crippen LogP contribution >= 0.6 is 24.0 Å². The van der Waals surface area contributed by atoms with Gasteiger partial charge in [-0.3, -0.25) is 9.67 Å². The van der Waals surface area contributed by atoms with E-state index in [1.165, 1.54) is 12.1 Å². The molecule has 0 spiro atoms. The maximum absolute atomic E-state index is 13.5. The molecule has 0 saturated carbocycles. The van der Waals surface area contributed by atoms with Gasteiger partial charge in [0.15, 0.2) is 5.96 Å². The maximum atomic E-state index is 13.5. The van der Waals surface area contributed by atoms with E-state index in [1.807, 2.05) is 31.0 Å². The smallest absolute Gasteiger partial charge is 0.191 e. The molecule has 0 amide bonds. The number of guanidine groups is 1. The van der Waals surface area contributed by atoms with Crippen LogP contribution in [0.3, 0.4) is 0 Å². The second-order valence-corrected chi connectivity index (χ2v) is 7.52. The third kappa shape index (κ3) is 4.88. The lowest BCUT2D eigenvalue weighted by molar-refractivity contribution is 0.465. The van der Waals surface area contributed by atoms with Crippen molar-refractivity contribution in [1.82, 2.24) is 20.4 Å². The van der Waals surface area contributed by atoms with Crippen LogP contribution in [0.5, 0.6) is 0 Å². The van der Waals surface area contributed by atoms with Gasteiger partial charge in [0.2, 0.25) is 0 Å². The van der Waals surface area contributed by atoms with E-state index in [0.717, 1.165) is 54.3 Å². The van der Waals surface area contributed by atoms with Crippen LogP contribution in [0.2, 0.25) is 0 Å². The lowest BCUT2D eigenvalue weighted by Crippen LogP contribution is -2.51. The molecule has 2 N–H and O–H groups in total. The van der Waals surface area contributed by atoms with E-state index in [2.05, 4.69) is 25.6 Å². The number of aromatic nitrogens is 2. The topological polar surface area (TPSA) is 70.6 Å². The molecule has 162 valence electrons. The second kappa shape index (κ2) is 9.67. The van der Waals surface area contributed by atoms with Crippen molar-refractivity contribution in [2.45, 2.75) is 32.4 Å². The van der Waals surface area contributed by atoms with Crippen molar-refractivity contribution in [2.24, 2.45) is 12.0 Å². The lowest BCUT2D eigenvalue weighted by Gasteiger charge is -2.34. The minimum atomic E-state index is -0.256. The molecule has 1 unspecified atom stereocenters. The number of hydrogen-bond donors (Lipinski definition) is 2. The van der Waals surface area contributed by atoms with Gasteiger partial charge in [0, 0.05) is 50.4 Å². The summed E-state index contributed by atoms with van der Waals surface area (Å²) in [5.41, 5.74) is 2.79. The van der Waals surface area contributed by atoms with Crippen LogP contribution in [0, 0.1) is 12.7 Å². The van der Waals surface area contributed by atoms with Gasteiger partial charge in [0.25, 0.3) is 0 Å². The Labute approximate surface area is 192 Å². The van der Waals surface area contributed by atoms with Crippen molar-refractivity contribution < 1.29 is 8.81 Å². The quantitative estimate of drug-likeness (QED) is 0.309. The highest BCUT2D eigenvalue weighted by atomic mass is 127. The number of hydrogen-bond acceptors (Lipinski definition) is 4. The van der Waals surface area contributed by atoms with E-state index < -0.39 is 0 Å². The molecule has 7 nitrogen and oxygen atoms in total. The fourth-order valence-corrected chi connectivity index (χ4v) is 3.87. The maximum Gasteiger partial charge on any atom is 0.191 e. The summed E-state index contributed by atoms with van der Waals surface area (Å²) < 4.78 is 21.2. The van der Waals surface area contributed by atoms with Crippen LogP contribution in [0.1, 0.15) is 24.2 Å². The summed E-state index contributed by atoms with van der Waals surface area (Å²) in [6.45, 7) is 4.37. The van der Waals surface area contributed by atoms with Crippen LogP contribution in [0.4, 0.5) is 10.1 Å².